The highest BCUT2D eigenvalue weighted by Gasteiger charge is 2.21. The molecule has 160 valence electrons. The van der Waals surface area contributed by atoms with Gasteiger partial charge in [-0.2, -0.15) is 5.26 Å². The number of aromatic nitrogens is 1. The Hall–Kier alpha value is -3.64. The lowest BCUT2D eigenvalue weighted by Gasteiger charge is -2.12. The number of ether oxygens (including phenoxy) is 1. The summed E-state index contributed by atoms with van der Waals surface area (Å²) in [7, 11) is 0. The molecule has 0 unspecified atom stereocenters. The second-order valence-corrected chi connectivity index (χ2v) is 7.77. The van der Waals surface area contributed by atoms with Crippen LogP contribution in [0.2, 0.25) is 0 Å². The first-order valence-electron chi connectivity index (χ1n) is 9.55. The molecular weight excluding hydrogens is 418 g/mol. The van der Waals surface area contributed by atoms with E-state index in [1.54, 1.807) is 47.4 Å². The van der Waals surface area contributed by atoms with Crippen molar-refractivity contribution in [1.82, 2.24) is 4.57 Å². The first kappa shape index (κ1) is 22.1. The van der Waals surface area contributed by atoms with Gasteiger partial charge in [0.2, 0.25) is 0 Å². The Balaban J connectivity index is 1.59. The van der Waals surface area contributed by atoms with E-state index in [4.69, 9.17) is 9.15 Å². The fourth-order valence-electron chi connectivity index (χ4n) is 3.05. The molecule has 0 radical (unpaired) electrons. The Morgan fingerprint density at radius 1 is 1.23 bits per heavy atom. The molecule has 0 atom stereocenters. The van der Waals surface area contributed by atoms with Crippen LogP contribution in [0.15, 0.2) is 40.3 Å². The number of nitrogens with one attached hydrogen (secondary N) is 1. The number of nitriles is 1. The molecule has 8 nitrogen and oxygen atoms in total. The number of hydrogen-bond donors (Lipinski definition) is 1. The van der Waals surface area contributed by atoms with Crippen molar-refractivity contribution in [2.75, 3.05) is 11.9 Å². The van der Waals surface area contributed by atoms with E-state index in [1.807, 2.05) is 6.92 Å². The standard InChI is InChI=1S/C22H21N3O5S/c1-14-15(2)25(12-16-5-3-9-29-16)22(17(14)11-23)24-20(27)13-30-21(28)8-7-18(26)19-6-4-10-31-19/h3-6,9-10H,7-8,12-13H2,1-2H3,(H,24,27). The third-order valence-electron chi connectivity index (χ3n) is 4.81. The molecule has 0 aliphatic heterocycles. The van der Waals surface area contributed by atoms with Gasteiger partial charge < -0.3 is 19.0 Å². The van der Waals surface area contributed by atoms with Crippen molar-refractivity contribution in [1.29, 1.82) is 5.26 Å². The van der Waals surface area contributed by atoms with Crippen LogP contribution in [0.4, 0.5) is 5.82 Å². The van der Waals surface area contributed by atoms with Gasteiger partial charge in [-0.1, -0.05) is 6.07 Å². The van der Waals surface area contributed by atoms with E-state index in [0.29, 0.717) is 28.6 Å². The highest BCUT2D eigenvalue weighted by molar-refractivity contribution is 7.12. The number of furan rings is 1. The number of esters is 1. The monoisotopic (exact) mass is 439 g/mol. The highest BCUT2D eigenvalue weighted by atomic mass is 32.1. The number of ketones is 1. The number of thiophene rings is 1. The zero-order valence-electron chi connectivity index (χ0n) is 17.1. The van der Waals surface area contributed by atoms with Crippen LogP contribution in [0.3, 0.4) is 0 Å². The fraction of sp³-hybridized carbons (Fsp3) is 0.273. The predicted octanol–water partition coefficient (Wildman–Crippen LogP) is 3.82. The Bertz CT molecular complexity index is 1120. The second-order valence-electron chi connectivity index (χ2n) is 6.82. The van der Waals surface area contributed by atoms with Gasteiger partial charge >= 0.3 is 5.97 Å². The fourth-order valence-corrected chi connectivity index (χ4v) is 3.74. The third-order valence-corrected chi connectivity index (χ3v) is 5.72. The van der Waals surface area contributed by atoms with Crippen LogP contribution < -0.4 is 5.32 Å². The lowest BCUT2D eigenvalue weighted by Crippen LogP contribution is -2.23. The second kappa shape index (κ2) is 9.91. The minimum absolute atomic E-state index is 0.0178. The first-order valence-corrected chi connectivity index (χ1v) is 10.4. The van der Waals surface area contributed by atoms with Crippen molar-refractivity contribution in [2.45, 2.75) is 33.2 Å². The minimum atomic E-state index is -0.640. The molecule has 1 N–H and O–H groups in total. The van der Waals surface area contributed by atoms with Crippen molar-refractivity contribution in [3.8, 4) is 6.07 Å². The molecule has 3 rings (SSSR count). The summed E-state index contributed by atoms with van der Waals surface area (Å²) < 4.78 is 12.1. The number of nitrogens with zero attached hydrogens (tertiary/aromatic N) is 2. The molecule has 0 spiro atoms. The van der Waals surface area contributed by atoms with Crippen molar-refractivity contribution < 1.29 is 23.5 Å². The van der Waals surface area contributed by atoms with E-state index >= 15 is 0 Å². The number of hydrogen-bond acceptors (Lipinski definition) is 7. The summed E-state index contributed by atoms with van der Waals surface area (Å²) in [6, 6.07) is 9.12. The number of rotatable bonds is 9. The zero-order valence-corrected chi connectivity index (χ0v) is 18.0. The van der Waals surface area contributed by atoms with Crippen molar-refractivity contribution in [3.63, 3.8) is 0 Å². The molecule has 3 aromatic heterocycles. The van der Waals surface area contributed by atoms with Gasteiger partial charge in [-0.25, -0.2) is 0 Å². The summed E-state index contributed by atoms with van der Waals surface area (Å²) in [5, 5.41) is 14.0. The lowest BCUT2D eigenvalue weighted by molar-refractivity contribution is -0.147. The van der Waals surface area contributed by atoms with Gasteiger partial charge in [0.1, 0.15) is 17.6 Å². The Morgan fingerprint density at radius 2 is 2.03 bits per heavy atom. The molecule has 3 heterocycles. The van der Waals surface area contributed by atoms with Crippen LogP contribution in [0.5, 0.6) is 0 Å². The molecule has 0 saturated heterocycles. The summed E-state index contributed by atoms with van der Waals surface area (Å²) in [5.41, 5.74) is 1.89. The van der Waals surface area contributed by atoms with Crippen LogP contribution in [0.1, 0.15) is 45.1 Å². The van der Waals surface area contributed by atoms with Gasteiger partial charge in [-0.05, 0) is 43.0 Å². The van der Waals surface area contributed by atoms with Gasteiger partial charge in [0.05, 0.1) is 29.7 Å². The molecule has 9 heteroatoms. The predicted molar refractivity (Wildman–Crippen MR) is 114 cm³/mol. The molecule has 0 aliphatic carbocycles. The highest BCUT2D eigenvalue weighted by Crippen LogP contribution is 2.27. The van der Waals surface area contributed by atoms with Gasteiger partial charge in [-0.3, -0.25) is 14.4 Å². The number of amides is 1. The van der Waals surface area contributed by atoms with E-state index in [2.05, 4.69) is 11.4 Å². The Kier molecular flexibility index (Phi) is 7.05. The molecule has 3 aromatic rings. The quantitative estimate of drug-likeness (QED) is 0.400. The van der Waals surface area contributed by atoms with E-state index in [0.717, 1.165) is 11.3 Å². The van der Waals surface area contributed by atoms with Gasteiger partial charge in [0.15, 0.2) is 12.4 Å². The molecule has 0 bridgehead atoms. The Labute approximate surface area is 183 Å². The average Bonchev–Trinajstić information content (AvgIpc) is 3.50. The maximum atomic E-state index is 12.4. The van der Waals surface area contributed by atoms with Crippen LogP contribution in [0.25, 0.3) is 0 Å². The summed E-state index contributed by atoms with van der Waals surface area (Å²) >= 11 is 1.31. The third kappa shape index (κ3) is 5.29. The van der Waals surface area contributed by atoms with E-state index in [-0.39, 0.29) is 18.6 Å². The Morgan fingerprint density at radius 3 is 2.68 bits per heavy atom. The van der Waals surface area contributed by atoms with E-state index in [9.17, 15) is 19.6 Å². The molecular formula is C22H21N3O5S. The maximum Gasteiger partial charge on any atom is 0.306 e. The summed E-state index contributed by atoms with van der Waals surface area (Å²) in [4.78, 5) is 36.8. The van der Waals surface area contributed by atoms with Crippen LogP contribution in [0, 0.1) is 25.2 Å². The molecule has 0 saturated carbocycles. The SMILES string of the molecule is Cc1c(C#N)c(NC(=O)COC(=O)CCC(=O)c2cccs2)n(Cc2ccco2)c1C. The molecule has 0 aromatic carbocycles. The topological polar surface area (TPSA) is 114 Å². The molecule has 0 aliphatic rings. The molecule has 0 fully saturated rings. The zero-order chi connectivity index (χ0) is 22.4. The van der Waals surface area contributed by atoms with E-state index < -0.39 is 18.5 Å². The van der Waals surface area contributed by atoms with Crippen molar-refractivity contribution >= 4 is 34.8 Å². The molecule has 1 amide bonds. The van der Waals surface area contributed by atoms with Gasteiger partial charge in [-0.15, -0.1) is 11.3 Å². The van der Waals surface area contributed by atoms with Crippen LogP contribution in [-0.2, 0) is 20.9 Å². The van der Waals surface area contributed by atoms with E-state index in [1.165, 1.54) is 11.3 Å². The molecule has 31 heavy (non-hydrogen) atoms. The van der Waals surface area contributed by atoms with Gasteiger partial charge in [0, 0.05) is 12.1 Å². The smallest absolute Gasteiger partial charge is 0.306 e. The van der Waals surface area contributed by atoms with Crippen molar-refractivity contribution in [2.24, 2.45) is 0 Å². The maximum absolute atomic E-state index is 12.4. The van der Waals surface area contributed by atoms with Crippen LogP contribution >= 0.6 is 11.3 Å². The summed E-state index contributed by atoms with van der Waals surface area (Å²) in [5.74, 6) is -0.369. The summed E-state index contributed by atoms with van der Waals surface area (Å²) in [6.45, 7) is 3.47. The number of carbonyl (C=O) groups excluding carboxylic acids is 3. The number of Topliss-reactive ketones (excluding diaryl/α,β-unsaturated/α-hetero) is 1. The first-order chi connectivity index (χ1) is 14.9. The van der Waals surface area contributed by atoms with Gasteiger partial charge in [0.25, 0.3) is 5.91 Å². The van der Waals surface area contributed by atoms with Crippen LogP contribution in [-0.4, -0.2) is 28.8 Å². The normalized spacial score (nSPS) is 10.5. The van der Waals surface area contributed by atoms with Crippen molar-refractivity contribution in [3.05, 3.63) is 63.4 Å². The minimum Gasteiger partial charge on any atom is -0.467 e. The number of carbonyl (C=O) groups is 3. The summed E-state index contributed by atoms with van der Waals surface area (Å²) in [6.07, 6.45) is 1.46. The number of anilines is 1. The average molecular weight is 439 g/mol. The lowest BCUT2D eigenvalue weighted by atomic mass is 10.2. The largest absolute Gasteiger partial charge is 0.467 e.